The Morgan fingerprint density at radius 2 is 0.853 bits per heavy atom. The summed E-state index contributed by atoms with van der Waals surface area (Å²) in [5.41, 5.74) is -2.89. The molecule has 0 spiro atoms. The molecule has 0 radical (unpaired) electrons. The second kappa shape index (κ2) is 9.55. The van der Waals surface area contributed by atoms with Crippen LogP contribution in [0.25, 0.3) is 11.1 Å². The molecule has 0 aliphatic rings. The highest BCUT2D eigenvalue weighted by atomic mass is 127. The molecule has 2 rings (SSSR count). The van der Waals surface area contributed by atoms with Gasteiger partial charge in [-0.3, -0.25) is 18.2 Å². The minimum Gasteiger partial charge on any atom is -0.494 e. The second-order valence-electron chi connectivity index (χ2n) is 6.09. The summed E-state index contributed by atoms with van der Waals surface area (Å²) in [6.07, 6.45) is 0. The lowest BCUT2D eigenvalue weighted by molar-refractivity contribution is 0.391. The highest BCUT2D eigenvalue weighted by Gasteiger charge is 2.40. The molecule has 0 aliphatic carbocycles. The number of halogens is 2. The molecule has 0 atom stereocenters. The number of methoxy groups -OCH3 is 2. The van der Waals surface area contributed by atoms with Crippen LogP contribution in [0.4, 0.5) is 0 Å². The summed E-state index contributed by atoms with van der Waals surface area (Å²) < 4.78 is 146. The molecule has 0 amide bonds. The number of benzene rings is 2. The molecule has 190 valence electrons. The van der Waals surface area contributed by atoms with E-state index in [1.807, 2.05) is 0 Å². The Morgan fingerprint density at radius 3 is 1.03 bits per heavy atom. The molecule has 34 heavy (non-hydrogen) atoms. The van der Waals surface area contributed by atoms with Crippen molar-refractivity contribution in [1.82, 2.24) is 0 Å². The van der Waals surface area contributed by atoms with Crippen molar-refractivity contribution in [2.75, 3.05) is 14.2 Å². The summed E-state index contributed by atoms with van der Waals surface area (Å²) in [4.78, 5) is -5.81. The van der Waals surface area contributed by atoms with Gasteiger partial charge in [0, 0.05) is 11.1 Å². The van der Waals surface area contributed by atoms with Gasteiger partial charge in [-0.05, 0) is 57.3 Å². The Morgan fingerprint density at radius 1 is 0.588 bits per heavy atom. The zero-order valence-electron chi connectivity index (χ0n) is 16.4. The van der Waals surface area contributed by atoms with Gasteiger partial charge in [-0.2, -0.15) is 33.7 Å². The molecule has 0 saturated carbocycles. The lowest BCUT2D eigenvalue weighted by atomic mass is 10.0. The standard InChI is InChI=1S/C14H12I2O14S4/c1-29-11-5(15)3-7(31(17,18)19)9(13(11)33(23,24)25)10-8(32(20,21)22)4-6(16)12(30-2)14(10)34(26,27)28/h3-4H,1-2H3,(H,17,18,19)(H,20,21,22)(H,23,24,25)(H,26,27,28). The van der Waals surface area contributed by atoms with Crippen molar-refractivity contribution >= 4 is 85.7 Å². The number of hydrogen-bond donors (Lipinski definition) is 4. The van der Waals surface area contributed by atoms with Crippen LogP contribution in [-0.2, 0) is 40.5 Å². The third-order valence-electron chi connectivity index (χ3n) is 4.04. The number of rotatable bonds is 7. The Bertz CT molecular complexity index is 1500. The minimum atomic E-state index is -5.58. The van der Waals surface area contributed by atoms with Crippen LogP contribution in [0, 0.1) is 7.14 Å². The van der Waals surface area contributed by atoms with Crippen molar-refractivity contribution < 1.29 is 61.4 Å². The fraction of sp³-hybridized carbons (Fsp3) is 0.143. The summed E-state index contributed by atoms with van der Waals surface area (Å²) in [6.45, 7) is 0. The second-order valence-corrected chi connectivity index (χ2v) is 13.9. The fourth-order valence-corrected chi connectivity index (χ4v) is 8.70. The maximum absolute atomic E-state index is 12.3. The predicted molar refractivity (Wildman–Crippen MR) is 130 cm³/mol. The Balaban J connectivity index is 3.65. The minimum absolute atomic E-state index is 0.344. The van der Waals surface area contributed by atoms with E-state index in [1.54, 1.807) is 0 Å². The van der Waals surface area contributed by atoms with Crippen molar-refractivity contribution in [1.29, 1.82) is 0 Å². The van der Waals surface area contributed by atoms with Gasteiger partial charge in [0.1, 0.15) is 19.6 Å². The quantitative estimate of drug-likeness (QED) is 0.231. The summed E-state index contributed by atoms with van der Waals surface area (Å²) >= 11 is 2.72. The van der Waals surface area contributed by atoms with E-state index in [2.05, 4.69) is 0 Å². The predicted octanol–water partition coefficient (Wildman–Crippen LogP) is 1.57. The van der Waals surface area contributed by atoms with E-state index in [9.17, 15) is 51.9 Å². The van der Waals surface area contributed by atoms with Crippen LogP contribution in [0.3, 0.4) is 0 Å². The largest absolute Gasteiger partial charge is 0.494 e. The first kappa shape index (κ1) is 29.4. The van der Waals surface area contributed by atoms with Gasteiger partial charge in [-0.15, -0.1) is 0 Å². The molecule has 4 N–H and O–H groups in total. The van der Waals surface area contributed by atoms with Crippen LogP contribution in [0.15, 0.2) is 31.7 Å². The third kappa shape index (κ3) is 5.59. The van der Waals surface area contributed by atoms with Gasteiger partial charge in [-0.25, -0.2) is 0 Å². The van der Waals surface area contributed by atoms with Crippen LogP contribution in [0.2, 0.25) is 0 Å². The molecule has 0 fully saturated rings. The van der Waals surface area contributed by atoms with Gasteiger partial charge in [0.05, 0.1) is 21.4 Å². The first-order chi connectivity index (χ1) is 15.2. The van der Waals surface area contributed by atoms with E-state index in [0.29, 0.717) is 12.1 Å². The van der Waals surface area contributed by atoms with Crippen molar-refractivity contribution in [3.8, 4) is 22.6 Å². The van der Waals surface area contributed by atoms with Crippen molar-refractivity contribution in [2.24, 2.45) is 0 Å². The van der Waals surface area contributed by atoms with E-state index < -0.39 is 82.7 Å². The lowest BCUT2D eigenvalue weighted by Gasteiger charge is -2.21. The average molecular weight is 786 g/mol. The molecule has 0 saturated heterocycles. The first-order valence-corrected chi connectivity index (χ1v) is 15.8. The fourth-order valence-electron chi connectivity index (χ4n) is 2.93. The highest BCUT2D eigenvalue weighted by Crippen LogP contribution is 2.49. The average Bonchev–Trinajstić information content (AvgIpc) is 2.63. The molecular formula is C14H12I2O14S4. The van der Waals surface area contributed by atoms with Gasteiger partial charge >= 0.3 is 0 Å². The van der Waals surface area contributed by atoms with Gasteiger partial charge in [0.25, 0.3) is 40.5 Å². The van der Waals surface area contributed by atoms with Crippen molar-refractivity contribution in [2.45, 2.75) is 19.6 Å². The number of hydrogen-bond acceptors (Lipinski definition) is 10. The maximum atomic E-state index is 12.3. The molecule has 0 aliphatic heterocycles. The molecule has 0 heterocycles. The Kier molecular flexibility index (Phi) is 8.25. The molecule has 2 aromatic rings. The number of ether oxygens (including phenoxy) is 2. The van der Waals surface area contributed by atoms with E-state index in [4.69, 9.17) is 9.47 Å². The summed E-state index contributed by atoms with van der Waals surface area (Å²) in [5.74, 6) is -1.57. The molecular weight excluding hydrogens is 774 g/mol. The summed E-state index contributed by atoms with van der Waals surface area (Å²) in [6, 6.07) is 1.15. The third-order valence-corrected chi connectivity index (χ3v) is 9.21. The van der Waals surface area contributed by atoms with E-state index >= 15 is 0 Å². The topological polar surface area (TPSA) is 236 Å². The Hall–Kier alpha value is -0.860. The zero-order valence-corrected chi connectivity index (χ0v) is 24.0. The monoisotopic (exact) mass is 786 g/mol. The van der Waals surface area contributed by atoms with Crippen LogP contribution >= 0.6 is 45.2 Å². The van der Waals surface area contributed by atoms with Crippen LogP contribution < -0.4 is 9.47 Å². The van der Waals surface area contributed by atoms with Gasteiger partial charge in [0.15, 0.2) is 11.5 Å². The van der Waals surface area contributed by atoms with Crippen LogP contribution in [0.1, 0.15) is 0 Å². The molecule has 14 nitrogen and oxygen atoms in total. The Labute approximate surface area is 220 Å². The summed E-state index contributed by atoms with van der Waals surface area (Å²) in [5, 5.41) is 0. The summed E-state index contributed by atoms with van der Waals surface area (Å²) in [7, 11) is -20.4. The molecule has 2 aromatic carbocycles. The van der Waals surface area contributed by atoms with Crippen LogP contribution in [0.5, 0.6) is 11.5 Å². The molecule has 0 bridgehead atoms. The molecule has 0 unspecified atom stereocenters. The van der Waals surface area contributed by atoms with Crippen molar-refractivity contribution in [3.63, 3.8) is 0 Å². The SMILES string of the molecule is COc1c(I)cc(S(=O)(=O)O)c(-c2c(S(=O)(=O)O)cc(I)c(OC)c2S(=O)(=O)O)c1S(=O)(=O)O. The lowest BCUT2D eigenvalue weighted by Crippen LogP contribution is -2.16. The van der Waals surface area contributed by atoms with E-state index in [1.165, 1.54) is 45.2 Å². The normalized spacial score (nSPS) is 13.1. The van der Waals surface area contributed by atoms with Crippen molar-refractivity contribution in [3.05, 3.63) is 19.3 Å². The van der Waals surface area contributed by atoms with E-state index in [-0.39, 0.29) is 7.14 Å². The highest BCUT2D eigenvalue weighted by molar-refractivity contribution is 14.1. The van der Waals surface area contributed by atoms with E-state index in [0.717, 1.165) is 14.2 Å². The van der Waals surface area contributed by atoms with Gasteiger partial charge in [-0.1, -0.05) is 0 Å². The molecule has 20 heteroatoms. The maximum Gasteiger partial charge on any atom is 0.298 e. The van der Waals surface area contributed by atoms with Gasteiger partial charge < -0.3 is 9.47 Å². The molecule has 0 aromatic heterocycles. The zero-order chi connectivity index (χ0) is 26.6. The smallest absolute Gasteiger partial charge is 0.298 e. The van der Waals surface area contributed by atoms with Crippen LogP contribution in [-0.4, -0.2) is 66.1 Å². The first-order valence-electron chi connectivity index (χ1n) is 7.89. The van der Waals surface area contributed by atoms with Gasteiger partial charge in [0.2, 0.25) is 0 Å².